The maximum atomic E-state index is 13.0. The minimum atomic E-state index is -4.60. The molecule has 404 valence electrons. The zero-order valence-corrected chi connectivity index (χ0v) is 47.0. The van der Waals surface area contributed by atoms with Gasteiger partial charge in [0.15, 0.2) is 0 Å². The van der Waals surface area contributed by atoms with E-state index >= 15 is 0 Å². The number of likely N-dealkylation sites (N-methyl/N-ethyl adjacent to an activating group) is 1. The van der Waals surface area contributed by atoms with Crippen molar-refractivity contribution in [2.24, 2.45) is 0 Å². The summed E-state index contributed by atoms with van der Waals surface area (Å²) < 4.78 is 23.3. The zero-order chi connectivity index (χ0) is 49.9. The monoisotopic (exact) mass is 981 g/mol. The molecular weight excluding hydrogens is 864 g/mol. The first-order valence-corrected chi connectivity index (χ1v) is 31.2. The second-order valence-corrected chi connectivity index (χ2v) is 23.1. The van der Waals surface area contributed by atoms with E-state index in [1.54, 1.807) is 6.08 Å². The molecule has 0 aliphatic heterocycles. The number of aliphatic hydroxyl groups is 1. The van der Waals surface area contributed by atoms with Crippen LogP contribution in [0.3, 0.4) is 0 Å². The lowest BCUT2D eigenvalue weighted by Crippen LogP contribution is -2.45. The standard InChI is InChI=1S/C59H117N2O6P/c1-6-8-10-12-14-16-18-20-22-24-26-27-28-29-30-31-32-33-34-35-37-39-41-43-45-47-49-51-53-59(63)60-57(56-67-68(64,65)66-55-54-61(3,4)5)58(62)52-50-48-46-44-42-40-38-36-25-23-21-19-17-15-13-11-9-7-2/h42,44,50,52,57-58,62H,6-41,43,45-49,51,53-56H2,1-5H3,(H-,60,63,64,65)/b44-42+,52-50+. The predicted molar refractivity (Wildman–Crippen MR) is 293 cm³/mol. The van der Waals surface area contributed by atoms with Gasteiger partial charge in [-0.05, 0) is 32.1 Å². The topological polar surface area (TPSA) is 108 Å². The second kappa shape index (κ2) is 50.9. The smallest absolute Gasteiger partial charge is 0.268 e. The number of rotatable bonds is 55. The van der Waals surface area contributed by atoms with Crippen LogP contribution >= 0.6 is 7.82 Å². The summed E-state index contributed by atoms with van der Waals surface area (Å²) in [7, 11) is 1.26. The Hall–Kier alpha value is -1.02. The quantitative estimate of drug-likeness (QED) is 0.0272. The zero-order valence-electron chi connectivity index (χ0n) is 46.1. The van der Waals surface area contributed by atoms with E-state index in [0.29, 0.717) is 17.4 Å². The van der Waals surface area contributed by atoms with Crippen molar-refractivity contribution in [3.8, 4) is 0 Å². The van der Waals surface area contributed by atoms with E-state index in [1.165, 1.54) is 238 Å². The first-order chi connectivity index (χ1) is 33.0. The fourth-order valence-electron chi connectivity index (χ4n) is 9.00. The summed E-state index contributed by atoms with van der Waals surface area (Å²) >= 11 is 0. The van der Waals surface area contributed by atoms with E-state index < -0.39 is 20.0 Å². The highest BCUT2D eigenvalue weighted by Crippen LogP contribution is 2.38. The minimum absolute atomic E-state index is 0.00373. The molecule has 2 N–H and O–H groups in total. The van der Waals surface area contributed by atoms with Crippen LogP contribution in [0.25, 0.3) is 0 Å². The maximum absolute atomic E-state index is 13.0. The van der Waals surface area contributed by atoms with Crippen LogP contribution in [-0.4, -0.2) is 68.5 Å². The molecule has 0 aromatic rings. The fraction of sp³-hybridized carbons (Fsp3) is 0.915. The molecule has 0 aromatic carbocycles. The molecule has 0 rings (SSSR count). The number of quaternary nitrogens is 1. The summed E-state index contributed by atoms with van der Waals surface area (Å²) in [5.41, 5.74) is 0. The largest absolute Gasteiger partial charge is 0.756 e. The first kappa shape index (κ1) is 67.0. The highest BCUT2D eigenvalue weighted by atomic mass is 31.2. The van der Waals surface area contributed by atoms with Crippen molar-refractivity contribution in [2.75, 3.05) is 40.9 Å². The van der Waals surface area contributed by atoms with Crippen LogP contribution in [0.5, 0.6) is 0 Å². The molecule has 3 unspecified atom stereocenters. The van der Waals surface area contributed by atoms with Gasteiger partial charge in [-0.1, -0.05) is 282 Å². The van der Waals surface area contributed by atoms with Crippen LogP contribution in [0.15, 0.2) is 24.3 Å². The number of hydrogen-bond donors (Lipinski definition) is 2. The summed E-state index contributed by atoms with van der Waals surface area (Å²) in [4.78, 5) is 25.5. The van der Waals surface area contributed by atoms with E-state index in [2.05, 4.69) is 31.3 Å². The third-order valence-electron chi connectivity index (χ3n) is 13.7. The van der Waals surface area contributed by atoms with Gasteiger partial charge in [-0.2, -0.15) is 0 Å². The number of aliphatic hydroxyl groups excluding tert-OH is 1. The normalized spacial score (nSPS) is 14.0. The molecule has 0 heterocycles. The summed E-state index contributed by atoms with van der Waals surface area (Å²) in [5, 5.41) is 13.9. The minimum Gasteiger partial charge on any atom is -0.756 e. The number of hydrogen-bond acceptors (Lipinski definition) is 6. The molecule has 3 atom stereocenters. The van der Waals surface area contributed by atoms with Crippen molar-refractivity contribution in [2.45, 2.75) is 309 Å². The van der Waals surface area contributed by atoms with Crippen molar-refractivity contribution < 1.29 is 32.9 Å². The molecule has 1 amide bonds. The molecule has 0 fully saturated rings. The Morgan fingerprint density at radius 1 is 0.500 bits per heavy atom. The van der Waals surface area contributed by atoms with Crippen LogP contribution in [0.2, 0.25) is 0 Å². The van der Waals surface area contributed by atoms with E-state index in [9.17, 15) is 19.4 Å². The summed E-state index contributed by atoms with van der Waals surface area (Å²) in [5.74, 6) is -0.201. The lowest BCUT2D eigenvalue weighted by atomic mass is 10.0. The molecule has 0 aliphatic carbocycles. The predicted octanol–water partition coefficient (Wildman–Crippen LogP) is 17.4. The van der Waals surface area contributed by atoms with E-state index in [-0.39, 0.29) is 19.1 Å². The molecule has 0 spiro atoms. The third-order valence-corrected chi connectivity index (χ3v) is 14.6. The highest BCUT2D eigenvalue weighted by Gasteiger charge is 2.23. The fourth-order valence-corrected chi connectivity index (χ4v) is 9.72. The van der Waals surface area contributed by atoms with E-state index in [0.717, 1.165) is 38.5 Å². The average molecular weight is 982 g/mol. The number of nitrogens with one attached hydrogen (secondary N) is 1. The van der Waals surface area contributed by atoms with Crippen molar-refractivity contribution in [3.63, 3.8) is 0 Å². The molecule has 68 heavy (non-hydrogen) atoms. The molecule has 9 heteroatoms. The molecule has 0 saturated carbocycles. The van der Waals surface area contributed by atoms with Crippen LogP contribution in [0, 0.1) is 0 Å². The Labute approximate surface area is 424 Å². The van der Waals surface area contributed by atoms with E-state index in [4.69, 9.17) is 9.05 Å². The summed E-state index contributed by atoms with van der Waals surface area (Å²) in [6.45, 7) is 4.67. The Balaban J connectivity index is 4.13. The van der Waals surface area contributed by atoms with Gasteiger partial charge in [0.1, 0.15) is 13.2 Å². The van der Waals surface area contributed by atoms with Gasteiger partial charge in [0.25, 0.3) is 7.82 Å². The molecule has 0 aliphatic rings. The Bertz CT molecular complexity index is 1160. The average Bonchev–Trinajstić information content (AvgIpc) is 3.30. The number of amides is 1. The lowest BCUT2D eigenvalue weighted by molar-refractivity contribution is -0.870. The molecular formula is C59H117N2O6P. The van der Waals surface area contributed by atoms with Gasteiger partial charge in [0, 0.05) is 6.42 Å². The van der Waals surface area contributed by atoms with Gasteiger partial charge in [0.05, 0.1) is 39.9 Å². The van der Waals surface area contributed by atoms with Gasteiger partial charge >= 0.3 is 0 Å². The molecule has 8 nitrogen and oxygen atoms in total. The Kier molecular flexibility index (Phi) is 50.1. The van der Waals surface area contributed by atoms with Gasteiger partial charge in [-0.3, -0.25) is 9.36 Å². The van der Waals surface area contributed by atoms with Crippen LogP contribution in [0.4, 0.5) is 0 Å². The van der Waals surface area contributed by atoms with Gasteiger partial charge in [-0.25, -0.2) is 0 Å². The number of carbonyl (C=O) groups is 1. The van der Waals surface area contributed by atoms with E-state index in [1.807, 2.05) is 27.2 Å². The number of nitrogens with zero attached hydrogens (tertiary/aromatic N) is 1. The summed E-state index contributed by atoms with van der Waals surface area (Å²) in [6.07, 6.45) is 64.1. The SMILES string of the molecule is CCCCCCCCCCCCCC/C=C/CC/C=C/C(O)C(COP(=O)([O-])OCC[N+](C)(C)C)NC(=O)CCCCCCCCCCCCCCCCCCCCCCCCCCCCCC. The Morgan fingerprint density at radius 2 is 0.824 bits per heavy atom. The van der Waals surface area contributed by atoms with Crippen LogP contribution in [0.1, 0.15) is 296 Å². The number of carbonyl (C=O) groups excluding carboxylic acids is 1. The van der Waals surface area contributed by atoms with Crippen molar-refractivity contribution in [1.82, 2.24) is 5.32 Å². The van der Waals surface area contributed by atoms with Crippen molar-refractivity contribution in [1.29, 1.82) is 0 Å². The third kappa shape index (κ3) is 52.8. The lowest BCUT2D eigenvalue weighted by Gasteiger charge is -2.29. The van der Waals surface area contributed by atoms with Crippen molar-refractivity contribution in [3.05, 3.63) is 24.3 Å². The molecule has 0 saturated heterocycles. The van der Waals surface area contributed by atoms with Gasteiger partial charge in [-0.15, -0.1) is 0 Å². The van der Waals surface area contributed by atoms with Crippen molar-refractivity contribution >= 4 is 13.7 Å². The molecule has 0 aromatic heterocycles. The van der Waals surface area contributed by atoms with Gasteiger partial charge in [0.2, 0.25) is 5.91 Å². The van der Waals surface area contributed by atoms with Crippen LogP contribution < -0.4 is 10.2 Å². The number of allylic oxidation sites excluding steroid dienone is 3. The second-order valence-electron chi connectivity index (χ2n) is 21.7. The Morgan fingerprint density at radius 3 is 1.19 bits per heavy atom. The van der Waals surface area contributed by atoms with Crippen LogP contribution in [-0.2, 0) is 18.4 Å². The number of phosphoric ester groups is 1. The molecule has 0 bridgehead atoms. The number of unbranched alkanes of at least 4 members (excludes halogenated alkanes) is 40. The highest BCUT2D eigenvalue weighted by molar-refractivity contribution is 7.45. The number of phosphoric acid groups is 1. The first-order valence-electron chi connectivity index (χ1n) is 29.7. The summed E-state index contributed by atoms with van der Waals surface area (Å²) in [6, 6.07) is -0.900. The molecule has 0 radical (unpaired) electrons. The van der Waals surface area contributed by atoms with Gasteiger partial charge < -0.3 is 28.8 Å². The maximum Gasteiger partial charge on any atom is 0.268 e.